The van der Waals surface area contributed by atoms with Gasteiger partial charge in [0.1, 0.15) is 73.2 Å². The van der Waals surface area contributed by atoms with Crippen LogP contribution in [0.4, 0.5) is 0 Å². The second-order valence-electron chi connectivity index (χ2n) is 22.2. The minimum atomic E-state index is -1.98. The highest BCUT2D eigenvalue weighted by molar-refractivity contribution is 5.76. The number of hydrogen-bond donors (Lipinski definition) is 12. The molecule has 19 nitrogen and oxygen atoms in total. The Labute approximate surface area is 467 Å². The van der Waals surface area contributed by atoms with E-state index in [2.05, 4.69) is 31.3 Å². The van der Waals surface area contributed by atoms with Crippen molar-refractivity contribution in [2.24, 2.45) is 0 Å². The number of aliphatic hydroxyl groups excluding tert-OH is 11. The lowest BCUT2D eigenvalue weighted by molar-refractivity contribution is -0.379. The summed E-state index contributed by atoms with van der Waals surface area (Å²) >= 11 is 0. The zero-order valence-electron chi connectivity index (χ0n) is 47.7. The number of aliphatic hydroxyl groups is 11. The second-order valence-corrected chi connectivity index (χ2v) is 22.2. The van der Waals surface area contributed by atoms with Gasteiger partial charge in [-0.2, -0.15) is 0 Å². The second kappa shape index (κ2) is 43.0. The van der Waals surface area contributed by atoms with Crippen molar-refractivity contribution in [2.45, 2.75) is 317 Å². The van der Waals surface area contributed by atoms with Crippen LogP contribution in [0, 0.1) is 0 Å². The van der Waals surface area contributed by atoms with Gasteiger partial charge in [0.15, 0.2) is 18.9 Å². The molecule has 0 bridgehead atoms. The van der Waals surface area contributed by atoms with Gasteiger partial charge in [-0.3, -0.25) is 4.79 Å². The molecule has 0 aromatic heterocycles. The Hall–Kier alpha value is -1.73. The van der Waals surface area contributed by atoms with Crippen LogP contribution in [0.2, 0.25) is 0 Å². The van der Waals surface area contributed by atoms with Crippen molar-refractivity contribution in [3.8, 4) is 0 Å². The van der Waals surface area contributed by atoms with E-state index in [1.807, 2.05) is 6.08 Å². The number of carbonyl (C=O) groups is 1. The molecule has 3 heterocycles. The van der Waals surface area contributed by atoms with Crippen LogP contribution < -0.4 is 5.32 Å². The molecule has 0 aliphatic carbocycles. The summed E-state index contributed by atoms with van der Waals surface area (Å²) in [7, 11) is 0. The number of ether oxygens (including phenoxy) is 6. The average Bonchev–Trinajstić information content (AvgIpc) is 3.48. The first-order valence-corrected chi connectivity index (χ1v) is 30.6. The van der Waals surface area contributed by atoms with Gasteiger partial charge in [-0.25, -0.2) is 0 Å². The third-order valence-corrected chi connectivity index (χ3v) is 15.5. The Morgan fingerprint density at radius 2 is 0.821 bits per heavy atom. The van der Waals surface area contributed by atoms with Crippen LogP contribution in [0.1, 0.15) is 213 Å². The predicted molar refractivity (Wildman–Crippen MR) is 296 cm³/mol. The molecule has 1 amide bonds. The van der Waals surface area contributed by atoms with E-state index in [1.54, 1.807) is 6.08 Å². The van der Waals surface area contributed by atoms with Gasteiger partial charge in [0.25, 0.3) is 0 Å². The molecule has 0 aromatic carbocycles. The number of rotatable bonds is 45. The standard InChI is InChI=1S/C59H109NO18/c1-3-5-7-9-11-13-15-17-19-20-21-23-25-27-29-31-33-35-37-47(65)60-42(43(64)36-34-32-30-28-26-24-22-18-16-14-12-10-8-6-4-2)41-73-57-53(71)50(68)55(45(39-62)75-57)78-59-54(72)51(69)56(46(40-63)76-59)77-58-52(70)49(67)48(66)44(38-61)74-58/h26,28,34,36,42-46,48-59,61-64,66-72H,3-25,27,29-33,35,37-41H2,1-2H3,(H,60,65)/b28-26+,36-34+. The maximum atomic E-state index is 13.3. The summed E-state index contributed by atoms with van der Waals surface area (Å²) in [5, 5.41) is 120. The van der Waals surface area contributed by atoms with Gasteiger partial charge < -0.3 is 89.9 Å². The highest BCUT2D eigenvalue weighted by atomic mass is 16.8. The predicted octanol–water partition coefficient (Wildman–Crippen LogP) is 5.54. The SMILES string of the molecule is CCCCCCCCCCC/C=C/CC/C=C/C(O)C(COC1OC(CO)C(OC2OC(CO)C(OC3OC(CO)C(O)C(O)C3O)C(O)C2O)C(O)C1O)NC(=O)CCCCCCCCCCCCCCCCCCCC. The molecule has 3 aliphatic heterocycles. The molecular formula is C59H109NO18. The maximum Gasteiger partial charge on any atom is 0.220 e. The van der Waals surface area contributed by atoms with Crippen molar-refractivity contribution < 1.29 is 89.4 Å². The van der Waals surface area contributed by atoms with Crippen LogP contribution in [-0.2, 0) is 33.2 Å². The molecule has 0 spiro atoms. The molecule has 3 rings (SSSR count). The van der Waals surface area contributed by atoms with E-state index in [0.717, 1.165) is 38.5 Å². The molecule has 17 atom stereocenters. The van der Waals surface area contributed by atoms with E-state index in [-0.39, 0.29) is 18.9 Å². The summed E-state index contributed by atoms with van der Waals surface area (Å²) in [6, 6.07) is -0.984. The van der Waals surface area contributed by atoms with Crippen LogP contribution in [0.5, 0.6) is 0 Å². The fourth-order valence-electron chi connectivity index (χ4n) is 10.4. The van der Waals surface area contributed by atoms with Crippen molar-refractivity contribution in [2.75, 3.05) is 26.4 Å². The van der Waals surface area contributed by atoms with E-state index < -0.39 is 124 Å². The van der Waals surface area contributed by atoms with Crippen LogP contribution in [0.3, 0.4) is 0 Å². The fraction of sp³-hybridized carbons (Fsp3) is 0.915. The van der Waals surface area contributed by atoms with Crippen LogP contribution in [-0.4, -0.2) is 193 Å². The minimum absolute atomic E-state index is 0.240. The van der Waals surface area contributed by atoms with Crippen LogP contribution in [0.15, 0.2) is 24.3 Å². The van der Waals surface area contributed by atoms with Crippen molar-refractivity contribution in [3.63, 3.8) is 0 Å². The zero-order valence-corrected chi connectivity index (χ0v) is 47.7. The molecule has 0 saturated carbocycles. The van der Waals surface area contributed by atoms with Crippen molar-refractivity contribution in [1.29, 1.82) is 0 Å². The smallest absolute Gasteiger partial charge is 0.220 e. The number of hydrogen-bond acceptors (Lipinski definition) is 18. The third kappa shape index (κ3) is 26.7. The van der Waals surface area contributed by atoms with Gasteiger partial charge >= 0.3 is 0 Å². The van der Waals surface area contributed by atoms with E-state index in [1.165, 1.54) is 141 Å². The maximum absolute atomic E-state index is 13.3. The Morgan fingerprint density at radius 1 is 0.449 bits per heavy atom. The number of carbonyl (C=O) groups excluding carboxylic acids is 1. The topological polar surface area (TPSA) is 307 Å². The highest BCUT2D eigenvalue weighted by Crippen LogP contribution is 2.33. The summed E-state index contributed by atoms with van der Waals surface area (Å²) < 4.78 is 34.2. The molecule has 17 unspecified atom stereocenters. The van der Waals surface area contributed by atoms with Crippen molar-refractivity contribution in [3.05, 3.63) is 24.3 Å². The molecule has 458 valence electrons. The Morgan fingerprint density at radius 3 is 1.28 bits per heavy atom. The van der Waals surface area contributed by atoms with E-state index in [4.69, 9.17) is 28.4 Å². The first kappa shape index (κ1) is 70.5. The first-order chi connectivity index (χ1) is 37.8. The molecular weight excluding hydrogens is 1010 g/mol. The molecule has 3 aliphatic rings. The monoisotopic (exact) mass is 1120 g/mol. The Kier molecular flexibility index (Phi) is 38.9. The first-order valence-electron chi connectivity index (χ1n) is 30.6. The van der Waals surface area contributed by atoms with E-state index in [9.17, 15) is 61.0 Å². The normalized spacial score (nSPS) is 30.6. The van der Waals surface area contributed by atoms with Crippen LogP contribution >= 0.6 is 0 Å². The Balaban J connectivity index is 1.51. The van der Waals surface area contributed by atoms with Gasteiger partial charge in [0.2, 0.25) is 5.91 Å². The number of nitrogens with one attached hydrogen (secondary N) is 1. The molecule has 12 N–H and O–H groups in total. The van der Waals surface area contributed by atoms with Crippen LogP contribution in [0.25, 0.3) is 0 Å². The van der Waals surface area contributed by atoms with Crippen molar-refractivity contribution in [1.82, 2.24) is 5.32 Å². The average molecular weight is 1120 g/mol. The summed E-state index contributed by atoms with van der Waals surface area (Å²) in [5.74, 6) is -0.283. The van der Waals surface area contributed by atoms with E-state index in [0.29, 0.717) is 12.8 Å². The number of allylic oxidation sites excluding steroid dienone is 3. The fourth-order valence-corrected chi connectivity index (χ4v) is 10.4. The van der Waals surface area contributed by atoms with Gasteiger partial charge in [0.05, 0.1) is 38.6 Å². The lowest BCUT2D eigenvalue weighted by Gasteiger charge is -2.48. The summed E-state index contributed by atoms with van der Waals surface area (Å²) in [5.41, 5.74) is 0. The van der Waals surface area contributed by atoms with Gasteiger partial charge in [-0.05, 0) is 32.1 Å². The quantitative estimate of drug-likeness (QED) is 0.0263. The lowest BCUT2D eigenvalue weighted by Crippen LogP contribution is -2.66. The molecule has 3 saturated heterocycles. The summed E-state index contributed by atoms with van der Waals surface area (Å²) in [6.07, 6.45) is 17.3. The van der Waals surface area contributed by atoms with E-state index >= 15 is 0 Å². The molecule has 78 heavy (non-hydrogen) atoms. The molecule has 3 fully saturated rings. The summed E-state index contributed by atoms with van der Waals surface area (Å²) in [6.45, 7) is 1.71. The summed E-state index contributed by atoms with van der Waals surface area (Å²) in [4.78, 5) is 13.3. The largest absolute Gasteiger partial charge is 0.394 e. The minimum Gasteiger partial charge on any atom is -0.394 e. The molecule has 0 aromatic rings. The van der Waals surface area contributed by atoms with Crippen molar-refractivity contribution >= 4 is 5.91 Å². The molecule has 19 heteroatoms. The Bertz CT molecular complexity index is 1530. The van der Waals surface area contributed by atoms with Gasteiger partial charge in [-0.1, -0.05) is 199 Å². The van der Waals surface area contributed by atoms with Gasteiger partial charge in [0, 0.05) is 6.42 Å². The lowest BCUT2D eigenvalue weighted by atomic mass is 9.96. The molecule has 0 radical (unpaired) electrons. The zero-order chi connectivity index (χ0) is 56.9. The third-order valence-electron chi connectivity index (χ3n) is 15.5. The number of unbranched alkanes of at least 4 members (excludes halogenated alkanes) is 27. The number of amides is 1. The van der Waals surface area contributed by atoms with Gasteiger partial charge in [-0.15, -0.1) is 0 Å². The highest BCUT2D eigenvalue weighted by Gasteiger charge is 2.53.